The van der Waals surface area contributed by atoms with Gasteiger partial charge in [-0.25, -0.2) is 9.37 Å². The van der Waals surface area contributed by atoms with E-state index in [1.807, 2.05) is 0 Å². The quantitative estimate of drug-likeness (QED) is 0.878. The molecule has 0 radical (unpaired) electrons. The lowest BCUT2D eigenvalue weighted by Crippen LogP contribution is -2.24. The smallest absolute Gasteiger partial charge is 0.254 e. The van der Waals surface area contributed by atoms with Gasteiger partial charge in [0, 0.05) is 12.1 Å². The minimum atomic E-state index is -0.619. The first-order valence-corrected chi connectivity index (χ1v) is 5.88. The Morgan fingerprint density at radius 2 is 2.26 bits per heavy atom. The highest BCUT2D eigenvalue weighted by molar-refractivity contribution is 6.32. The Labute approximate surface area is 113 Å². The number of hydrogen-bond donors (Lipinski definition) is 1. The van der Waals surface area contributed by atoms with Crippen molar-refractivity contribution in [2.45, 2.75) is 20.4 Å². The summed E-state index contributed by atoms with van der Waals surface area (Å²) in [6, 6.07) is 1.04. The molecule has 0 aliphatic rings. The molecule has 5 nitrogen and oxygen atoms in total. The maximum atomic E-state index is 13.0. The van der Waals surface area contributed by atoms with Gasteiger partial charge < -0.3 is 9.84 Å². The van der Waals surface area contributed by atoms with Crippen LogP contribution in [0.25, 0.3) is 0 Å². The Bertz CT molecular complexity index is 608. The number of hydrogen-bond acceptors (Lipinski definition) is 4. The van der Waals surface area contributed by atoms with Gasteiger partial charge in [-0.15, -0.1) is 0 Å². The zero-order valence-electron chi connectivity index (χ0n) is 10.3. The zero-order chi connectivity index (χ0) is 14.0. The number of nitrogens with zero attached hydrogens (tertiary/aromatic N) is 2. The first-order chi connectivity index (χ1) is 8.99. The van der Waals surface area contributed by atoms with Crippen molar-refractivity contribution in [3.05, 3.63) is 45.8 Å². The molecule has 2 heterocycles. The molecule has 2 aromatic rings. The average Bonchev–Trinajstić information content (AvgIpc) is 2.69. The molecule has 0 aliphatic heterocycles. The fourth-order valence-electron chi connectivity index (χ4n) is 1.60. The topological polar surface area (TPSA) is 68.0 Å². The monoisotopic (exact) mass is 283 g/mol. The molecule has 0 atom stereocenters. The van der Waals surface area contributed by atoms with Crippen molar-refractivity contribution in [3.63, 3.8) is 0 Å². The van der Waals surface area contributed by atoms with Crippen LogP contribution in [0.3, 0.4) is 0 Å². The fourth-order valence-corrected chi connectivity index (χ4v) is 1.79. The number of carbonyl (C=O) groups excluding carboxylic acids is 1. The molecule has 1 amide bonds. The molecule has 19 heavy (non-hydrogen) atoms. The number of halogens is 2. The maximum Gasteiger partial charge on any atom is 0.254 e. The van der Waals surface area contributed by atoms with E-state index in [2.05, 4.69) is 15.5 Å². The molecule has 0 aromatic carbocycles. The van der Waals surface area contributed by atoms with E-state index in [-0.39, 0.29) is 17.3 Å². The fraction of sp³-hybridized carbons (Fsp3) is 0.250. The van der Waals surface area contributed by atoms with Gasteiger partial charge in [0.15, 0.2) is 0 Å². The van der Waals surface area contributed by atoms with Gasteiger partial charge in [0.1, 0.15) is 16.7 Å². The average molecular weight is 284 g/mol. The summed E-state index contributed by atoms with van der Waals surface area (Å²) in [4.78, 5) is 15.5. The molecule has 0 spiro atoms. The third-order valence-electron chi connectivity index (χ3n) is 2.66. The molecule has 0 aliphatic carbocycles. The number of aromatic nitrogens is 2. The van der Waals surface area contributed by atoms with Crippen molar-refractivity contribution in [3.8, 4) is 0 Å². The van der Waals surface area contributed by atoms with Crippen LogP contribution in [0.5, 0.6) is 0 Å². The van der Waals surface area contributed by atoms with E-state index in [0.717, 1.165) is 17.8 Å². The number of amides is 1. The third kappa shape index (κ3) is 2.90. The van der Waals surface area contributed by atoms with Gasteiger partial charge in [-0.3, -0.25) is 4.79 Å². The summed E-state index contributed by atoms with van der Waals surface area (Å²) in [6.07, 6.45) is 0.952. The Kier molecular flexibility index (Phi) is 3.80. The minimum Gasteiger partial charge on any atom is -0.361 e. The van der Waals surface area contributed by atoms with Crippen LogP contribution in [0.15, 0.2) is 16.8 Å². The van der Waals surface area contributed by atoms with Crippen molar-refractivity contribution in [1.29, 1.82) is 0 Å². The molecule has 0 saturated carbocycles. The summed E-state index contributed by atoms with van der Waals surface area (Å²) in [7, 11) is 0. The predicted octanol–water partition coefficient (Wildman–Crippen LogP) is 2.41. The van der Waals surface area contributed by atoms with Crippen molar-refractivity contribution in [1.82, 2.24) is 15.5 Å². The van der Waals surface area contributed by atoms with E-state index in [1.54, 1.807) is 13.8 Å². The van der Waals surface area contributed by atoms with Crippen LogP contribution in [0.4, 0.5) is 4.39 Å². The van der Waals surface area contributed by atoms with Gasteiger partial charge in [0.25, 0.3) is 5.91 Å². The summed E-state index contributed by atoms with van der Waals surface area (Å²) in [5, 5.41) is 6.35. The maximum absolute atomic E-state index is 13.0. The highest BCUT2D eigenvalue weighted by Gasteiger charge is 2.15. The Hall–Kier alpha value is -1.95. The highest BCUT2D eigenvalue weighted by Crippen LogP contribution is 2.15. The van der Waals surface area contributed by atoms with Crippen LogP contribution in [0, 0.1) is 19.7 Å². The number of nitrogens with one attached hydrogen (secondary N) is 1. The van der Waals surface area contributed by atoms with Crippen LogP contribution >= 0.6 is 11.6 Å². The summed E-state index contributed by atoms with van der Waals surface area (Å²) in [5.74, 6) is -0.495. The highest BCUT2D eigenvalue weighted by atomic mass is 35.5. The van der Waals surface area contributed by atoms with E-state index in [0.29, 0.717) is 11.5 Å². The first kappa shape index (κ1) is 13.5. The molecule has 0 bridgehead atoms. The lowest BCUT2D eigenvalue weighted by molar-refractivity contribution is 0.0950. The SMILES string of the molecule is Cc1noc(C)c1CNC(=O)c1cc(F)cnc1Cl. The molecular weight excluding hydrogens is 273 g/mol. The van der Waals surface area contributed by atoms with Crippen LogP contribution in [-0.4, -0.2) is 16.0 Å². The van der Waals surface area contributed by atoms with E-state index in [9.17, 15) is 9.18 Å². The van der Waals surface area contributed by atoms with Gasteiger partial charge in [-0.2, -0.15) is 0 Å². The predicted molar refractivity (Wildman–Crippen MR) is 66.4 cm³/mol. The molecule has 2 aromatic heterocycles. The first-order valence-electron chi connectivity index (χ1n) is 5.50. The molecular formula is C12H11ClFN3O2. The molecule has 7 heteroatoms. The van der Waals surface area contributed by atoms with E-state index < -0.39 is 11.7 Å². The second-order valence-corrected chi connectivity index (χ2v) is 4.34. The van der Waals surface area contributed by atoms with Crippen molar-refractivity contribution < 1.29 is 13.7 Å². The zero-order valence-corrected chi connectivity index (χ0v) is 11.1. The van der Waals surface area contributed by atoms with Gasteiger partial charge in [0.05, 0.1) is 17.5 Å². The summed E-state index contributed by atoms with van der Waals surface area (Å²) in [5.41, 5.74) is 1.48. The second kappa shape index (κ2) is 5.36. The summed E-state index contributed by atoms with van der Waals surface area (Å²) in [6.45, 7) is 3.75. The van der Waals surface area contributed by atoms with Gasteiger partial charge in [-0.1, -0.05) is 16.8 Å². The summed E-state index contributed by atoms with van der Waals surface area (Å²) < 4.78 is 18.0. The second-order valence-electron chi connectivity index (χ2n) is 3.98. The largest absolute Gasteiger partial charge is 0.361 e. The van der Waals surface area contributed by atoms with E-state index in [4.69, 9.17) is 16.1 Å². The number of aryl methyl sites for hydroxylation is 2. The molecule has 2 rings (SSSR count). The van der Waals surface area contributed by atoms with Gasteiger partial charge in [0.2, 0.25) is 0 Å². The Balaban J connectivity index is 2.12. The van der Waals surface area contributed by atoms with Crippen molar-refractivity contribution in [2.24, 2.45) is 0 Å². The number of carbonyl (C=O) groups is 1. The van der Waals surface area contributed by atoms with Gasteiger partial charge >= 0.3 is 0 Å². The summed E-state index contributed by atoms with van der Waals surface area (Å²) >= 11 is 5.74. The molecule has 0 fully saturated rings. The molecule has 100 valence electrons. The van der Waals surface area contributed by atoms with E-state index in [1.165, 1.54) is 0 Å². The lowest BCUT2D eigenvalue weighted by atomic mass is 10.2. The normalized spacial score (nSPS) is 10.5. The molecule has 0 saturated heterocycles. The Morgan fingerprint density at radius 3 is 2.89 bits per heavy atom. The third-order valence-corrected chi connectivity index (χ3v) is 2.96. The van der Waals surface area contributed by atoms with Crippen LogP contribution < -0.4 is 5.32 Å². The van der Waals surface area contributed by atoms with Crippen molar-refractivity contribution >= 4 is 17.5 Å². The van der Waals surface area contributed by atoms with Gasteiger partial charge in [-0.05, 0) is 19.9 Å². The Morgan fingerprint density at radius 1 is 1.53 bits per heavy atom. The minimum absolute atomic E-state index is 0.00609. The number of rotatable bonds is 3. The molecule has 0 unspecified atom stereocenters. The standard InChI is InChI=1S/C12H11ClFN3O2/c1-6-10(7(2)19-17-6)5-16-12(18)9-3-8(14)4-15-11(9)13/h3-4H,5H2,1-2H3,(H,16,18). The van der Waals surface area contributed by atoms with Crippen LogP contribution in [0.1, 0.15) is 27.4 Å². The molecule has 1 N–H and O–H groups in total. The number of pyridine rings is 1. The van der Waals surface area contributed by atoms with Crippen LogP contribution in [-0.2, 0) is 6.54 Å². The lowest BCUT2D eigenvalue weighted by Gasteiger charge is -2.06. The van der Waals surface area contributed by atoms with Crippen molar-refractivity contribution in [2.75, 3.05) is 0 Å². The van der Waals surface area contributed by atoms with E-state index >= 15 is 0 Å². The van der Waals surface area contributed by atoms with Crippen LogP contribution in [0.2, 0.25) is 5.15 Å².